The van der Waals surface area contributed by atoms with E-state index in [9.17, 15) is 9.90 Å². The lowest BCUT2D eigenvalue weighted by Crippen LogP contribution is -2.43. The number of rotatable bonds is 6. The molecule has 5 heteroatoms. The van der Waals surface area contributed by atoms with Crippen LogP contribution in [0.25, 0.3) is 0 Å². The molecule has 1 fully saturated rings. The molecule has 1 heterocycles. The Morgan fingerprint density at radius 3 is 2.61 bits per heavy atom. The number of hydrogen-bond donors (Lipinski definition) is 2. The number of allylic oxidation sites excluding steroid dienone is 1. The summed E-state index contributed by atoms with van der Waals surface area (Å²) in [5, 5.41) is 13.5. The Labute approximate surface area is 184 Å². The van der Waals surface area contributed by atoms with Crippen molar-refractivity contribution < 1.29 is 14.6 Å². The lowest BCUT2D eigenvalue weighted by atomic mass is 9.90. The van der Waals surface area contributed by atoms with Gasteiger partial charge in [0.05, 0.1) is 24.9 Å². The van der Waals surface area contributed by atoms with Crippen molar-refractivity contribution >= 4 is 5.97 Å². The van der Waals surface area contributed by atoms with Gasteiger partial charge in [0.15, 0.2) is 0 Å². The molecule has 2 aliphatic rings. The predicted octanol–water partition coefficient (Wildman–Crippen LogP) is 4.89. The monoisotopic (exact) mass is 420 g/mol. The Kier molecular flexibility index (Phi) is 6.92. The third-order valence-electron chi connectivity index (χ3n) is 6.45. The van der Waals surface area contributed by atoms with E-state index in [4.69, 9.17) is 4.74 Å². The van der Waals surface area contributed by atoms with Crippen molar-refractivity contribution in [3.8, 4) is 5.75 Å². The molecule has 4 rings (SSSR count). The highest BCUT2D eigenvalue weighted by atomic mass is 16.5. The van der Waals surface area contributed by atoms with Crippen LogP contribution in [0.2, 0.25) is 0 Å². The van der Waals surface area contributed by atoms with E-state index in [0.29, 0.717) is 31.3 Å². The van der Waals surface area contributed by atoms with Crippen LogP contribution in [0.15, 0.2) is 65.9 Å². The summed E-state index contributed by atoms with van der Waals surface area (Å²) in [7, 11) is 0. The smallest absolute Gasteiger partial charge is 0.337 e. The number of carbonyl (C=O) groups excluding carboxylic acids is 1. The van der Waals surface area contributed by atoms with E-state index >= 15 is 0 Å². The Hall–Kier alpha value is -2.79. The third kappa shape index (κ3) is 5.28. The largest absolute Gasteiger partial charge is 0.508 e. The number of benzene rings is 2. The first-order valence-corrected chi connectivity index (χ1v) is 11.3. The summed E-state index contributed by atoms with van der Waals surface area (Å²) < 4.78 is 5.85. The van der Waals surface area contributed by atoms with Crippen molar-refractivity contribution in [2.45, 2.75) is 51.6 Å². The molecule has 5 nitrogen and oxygen atoms in total. The number of phenolic OH excluding ortho intramolecular Hbond substituents is 1. The molecule has 164 valence electrons. The number of nitrogens with one attached hydrogen (secondary N) is 1. The van der Waals surface area contributed by atoms with Crippen LogP contribution < -0.4 is 5.32 Å². The van der Waals surface area contributed by atoms with Gasteiger partial charge in [0.2, 0.25) is 0 Å². The minimum atomic E-state index is -0.307. The quantitative estimate of drug-likeness (QED) is 0.652. The van der Waals surface area contributed by atoms with Gasteiger partial charge in [-0.2, -0.15) is 0 Å². The second kappa shape index (κ2) is 10.0. The van der Waals surface area contributed by atoms with E-state index in [1.165, 1.54) is 24.8 Å². The van der Waals surface area contributed by atoms with Crippen molar-refractivity contribution in [3.05, 3.63) is 77.0 Å². The summed E-state index contributed by atoms with van der Waals surface area (Å²) in [6.07, 6.45) is 6.01. The summed E-state index contributed by atoms with van der Waals surface area (Å²) in [4.78, 5) is 15.5. The molecule has 0 amide bonds. The maximum atomic E-state index is 13.3. The summed E-state index contributed by atoms with van der Waals surface area (Å²) in [6, 6.07) is 17.0. The molecule has 0 bridgehead atoms. The van der Waals surface area contributed by atoms with Gasteiger partial charge < -0.3 is 14.7 Å². The summed E-state index contributed by atoms with van der Waals surface area (Å²) >= 11 is 0. The lowest BCUT2D eigenvalue weighted by molar-refractivity contribution is -0.141. The van der Waals surface area contributed by atoms with Crippen LogP contribution in [0, 0.1) is 5.92 Å². The molecule has 2 aromatic rings. The number of nitrogens with zero attached hydrogens (tertiary/aromatic N) is 1. The van der Waals surface area contributed by atoms with E-state index in [1.54, 1.807) is 12.1 Å². The zero-order chi connectivity index (χ0) is 21.6. The number of aromatic hydroxyl groups is 1. The van der Waals surface area contributed by atoms with Gasteiger partial charge in [-0.15, -0.1) is 0 Å². The Morgan fingerprint density at radius 2 is 1.87 bits per heavy atom. The maximum Gasteiger partial charge on any atom is 0.337 e. The predicted molar refractivity (Wildman–Crippen MR) is 121 cm³/mol. The van der Waals surface area contributed by atoms with Gasteiger partial charge in [0, 0.05) is 12.2 Å². The summed E-state index contributed by atoms with van der Waals surface area (Å²) in [5.74, 6) is 0.398. The molecule has 31 heavy (non-hydrogen) atoms. The molecule has 1 aliphatic carbocycles. The zero-order valence-electron chi connectivity index (χ0n) is 18.2. The molecule has 1 unspecified atom stereocenters. The highest BCUT2D eigenvalue weighted by Crippen LogP contribution is 2.33. The van der Waals surface area contributed by atoms with Gasteiger partial charge >= 0.3 is 5.97 Å². The second-order valence-corrected chi connectivity index (χ2v) is 8.68. The fourth-order valence-electron chi connectivity index (χ4n) is 4.66. The van der Waals surface area contributed by atoms with Crippen LogP contribution in [-0.4, -0.2) is 29.3 Å². The van der Waals surface area contributed by atoms with Crippen LogP contribution in [0.4, 0.5) is 0 Å². The first-order valence-electron chi connectivity index (χ1n) is 11.3. The van der Waals surface area contributed by atoms with Crippen LogP contribution in [-0.2, 0) is 16.1 Å². The van der Waals surface area contributed by atoms with E-state index < -0.39 is 0 Å². The van der Waals surface area contributed by atoms with E-state index in [2.05, 4.69) is 22.3 Å². The highest BCUT2D eigenvalue weighted by molar-refractivity contribution is 5.91. The molecule has 1 aliphatic heterocycles. The molecule has 0 saturated heterocycles. The van der Waals surface area contributed by atoms with E-state index in [0.717, 1.165) is 24.1 Å². The standard InChI is InChI=1S/C26H32N2O3/c1-19-24(26(30)31-17-21-11-6-3-7-12-21)25(22-13-8-14-23(29)15-22)27-18-28(19)16-20-9-4-2-5-10-20/h2,4-5,8-10,13-15,21,25,27,29H,3,6-7,11-12,16-18H2,1H3. The van der Waals surface area contributed by atoms with Crippen LogP contribution in [0.3, 0.4) is 0 Å². The molecule has 2 N–H and O–H groups in total. The van der Waals surface area contributed by atoms with Crippen LogP contribution >= 0.6 is 0 Å². The van der Waals surface area contributed by atoms with E-state index in [1.807, 2.05) is 37.3 Å². The number of carbonyl (C=O) groups is 1. The molecule has 1 atom stereocenters. The third-order valence-corrected chi connectivity index (χ3v) is 6.45. The molecule has 0 radical (unpaired) electrons. The Bertz CT molecular complexity index is 919. The van der Waals surface area contributed by atoms with Crippen molar-refractivity contribution in [3.63, 3.8) is 0 Å². The zero-order valence-corrected chi connectivity index (χ0v) is 18.2. The molecule has 0 spiro atoms. The maximum absolute atomic E-state index is 13.3. The van der Waals surface area contributed by atoms with Crippen molar-refractivity contribution in [1.29, 1.82) is 0 Å². The van der Waals surface area contributed by atoms with Gasteiger partial charge in [0.1, 0.15) is 5.75 Å². The van der Waals surface area contributed by atoms with Crippen LogP contribution in [0.1, 0.15) is 56.2 Å². The summed E-state index contributed by atoms with van der Waals surface area (Å²) in [5.41, 5.74) is 3.60. The minimum Gasteiger partial charge on any atom is -0.508 e. The molecule has 0 aromatic heterocycles. The topological polar surface area (TPSA) is 61.8 Å². The van der Waals surface area contributed by atoms with Gasteiger partial charge in [-0.25, -0.2) is 4.79 Å². The number of hydrogen-bond acceptors (Lipinski definition) is 5. The molecular weight excluding hydrogens is 388 g/mol. The van der Waals surface area contributed by atoms with Gasteiger partial charge in [-0.3, -0.25) is 5.32 Å². The van der Waals surface area contributed by atoms with Gasteiger partial charge in [-0.1, -0.05) is 61.7 Å². The van der Waals surface area contributed by atoms with Crippen molar-refractivity contribution in [1.82, 2.24) is 10.2 Å². The van der Waals surface area contributed by atoms with Gasteiger partial charge in [-0.05, 0) is 48.9 Å². The fourth-order valence-corrected chi connectivity index (χ4v) is 4.66. The Morgan fingerprint density at radius 1 is 1.10 bits per heavy atom. The first kappa shape index (κ1) is 21.4. The van der Waals surface area contributed by atoms with Crippen molar-refractivity contribution in [2.24, 2.45) is 5.92 Å². The molecule has 1 saturated carbocycles. The normalized spacial score (nSPS) is 20.0. The number of ether oxygens (including phenoxy) is 1. The highest BCUT2D eigenvalue weighted by Gasteiger charge is 2.32. The fraction of sp³-hybridized carbons (Fsp3) is 0.423. The number of phenols is 1. The summed E-state index contributed by atoms with van der Waals surface area (Å²) in [6.45, 7) is 3.81. The average molecular weight is 421 g/mol. The first-order chi connectivity index (χ1) is 15.1. The number of esters is 1. The van der Waals surface area contributed by atoms with Gasteiger partial charge in [0.25, 0.3) is 0 Å². The average Bonchev–Trinajstić information content (AvgIpc) is 2.80. The second-order valence-electron chi connectivity index (χ2n) is 8.68. The minimum absolute atomic E-state index is 0.193. The van der Waals surface area contributed by atoms with E-state index in [-0.39, 0.29) is 17.8 Å². The van der Waals surface area contributed by atoms with Crippen LogP contribution in [0.5, 0.6) is 5.75 Å². The molecular formula is C26H32N2O3. The Balaban J connectivity index is 1.58. The SMILES string of the molecule is CC1=C(C(=O)OCC2CCCCC2)C(c2cccc(O)c2)NCN1Cc1ccccc1. The lowest BCUT2D eigenvalue weighted by Gasteiger charge is -2.37. The van der Waals surface area contributed by atoms with Crippen molar-refractivity contribution in [2.75, 3.05) is 13.3 Å². The molecule has 2 aromatic carbocycles.